The first-order valence-electron chi connectivity index (χ1n) is 4.90. The van der Waals surface area contributed by atoms with Gasteiger partial charge >= 0.3 is 0 Å². The summed E-state index contributed by atoms with van der Waals surface area (Å²) in [6.45, 7) is 0.707. The third kappa shape index (κ3) is 1.91. The smallest absolute Gasteiger partial charge is 0.164 e. The molecule has 1 aliphatic rings. The summed E-state index contributed by atoms with van der Waals surface area (Å²) < 4.78 is 16.0. The monoisotopic (exact) mass is 206 g/mol. The molecule has 1 aliphatic heterocycles. The van der Waals surface area contributed by atoms with E-state index in [1.165, 1.54) is 0 Å². The lowest BCUT2D eigenvalue weighted by Gasteiger charge is -2.12. The van der Waals surface area contributed by atoms with E-state index in [-0.39, 0.29) is 0 Å². The molecule has 15 heavy (non-hydrogen) atoms. The Hall–Kier alpha value is -1.64. The SMILES string of the molecule is COc1cc2c(cc1OC)OCCC=C2. The Kier molecular flexibility index (Phi) is 2.81. The van der Waals surface area contributed by atoms with Crippen LogP contribution < -0.4 is 14.2 Å². The zero-order valence-corrected chi connectivity index (χ0v) is 8.95. The van der Waals surface area contributed by atoms with Gasteiger partial charge in [0.25, 0.3) is 0 Å². The van der Waals surface area contributed by atoms with Gasteiger partial charge in [-0.05, 0) is 12.5 Å². The van der Waals surface area contributed by atoms with Crippen LogP contribution in [0.4, 0.5) is 0 Å². The van der Waals surface area contributed by atoms with Crippen LogP contribution in [0.25, 0.3) is 6.08 Å². The molecular weight excluding hydrogens is 192 g/mol. The maximum atomic E-state index is 5.59. The molecule has 1 aromatic rings. The Morgan fingerprint density at radius 3 is 2.60 bits per heavy atom. The molecule has 0 saturated carbocycles. The predicted octanol–water partition coefficient (Wildman–Crippen LogP) is 2.50. The molecule has 0 saturated heterocycles. The van der Waals surface area contributed by atoms with Crippen LogP contribution in [0.1, 0.15) is 12.0 Å². The van der Waals surface area contributed by atoms with Crippen LogP contribution in [0.5, 0.6) is 17.2 Å². The second-order valence-electron chi connectivity index (χ2n) is 3.28. The Labute approximate surface area is 89.3 Å². The summed E-state index contributed by atoms with van der Waals surface area (Å²) in [4.78, 5) is 0. The first-order valence-corrected chi connectivity index (χ1v) is 4.90. The molecule has 80 valence electrons. The molecule has 0 unspecified atom stereocenters. The van der Waals surface area contributed by atoms with E-state index in [9.17, 15) is 0 Å². The molecule has 0 bridgehead atoms. The lowest BCUT2D eigenvalue weighted by Crippen LogP contribution is -1.97. The van der Waals surface area contributed by atoms with Gasteiger partial charge in [-0.1, -0.05) is 12.2 Å². The van der Waals surface area contributed by atoms with Gasteiger partial charge in [-0.25, -0.2) is 0 Å². The number of fused-ring (bicyclic) bond motifs is 1. The van der Waals surface area contributed by atoms with Gasteiger partial charge in [-0.2, -0.15) is 0 Å². The van der Waals surface area contributed by atoms with Crippen molar-refractivity contribution in [3.05, 3.63) is 23.8 Å². The van der Waals surface area contributed by atoms with E-state index in [1.807, 2.05) is 18.2 Å². The molecule has 0 radical (unpaired) electrons. The van der Waals surface area contributed by atoms with E-state index in [4.69, 9.17) is 14.2 Å². The van der Waals surface area contributed by atoms with Crippen molar-refractivity contribution < 1.29 is 14.2 Å². The number of hydrogen-bond acceptors (Lipinski definition) is 3. The standard InChI is InChI=1S/C12H14O3/c1-13-11-7-9-5-3-4-6-15-10(9)8-12(11)14-2/h3,5,7-8H,4,6H2,1-2H3. The lowest BCUT2D eigenvalue weighted by atomic mass is 10.1. The molecule has 0 aromatic heterocycles. The largest absolute Gasteiger partial charge is 0.493 e. The van der Waals surface area contributed by atoms with Crippen LogP contribution in [0.15, 0.2) is 18.2 Å². The molecule has 0 amide bonds. The minimum Gasteiger partial charge on any atom is -0.493 e. The van der Waals surface area contributed by atoms with Crippen LogP contribution in [0.2, 0.25) is 0 Å². The van der Waals surface area contributed by atoms with E-state index >= 15 is 0 Å². The molecule has 1 aromatic carbocycles. The Bertz CT molecular complexity index is 383. The summed E-state index contributed by atoms with van der Waals surface area (Å²) in [5, 5.41) is 0. The topological polar surface area (TPSA) is 27.7 Å². The Balaban J connectivity index is 2.48. The highest BCUT2D eigenvalue weighted by molar-refractivity contribution is 5.64. The van der Waals surface area contributed by atoms with Crippen molar-refractivity contribution in [3.8, 4) is 17.2 Å². The van der Waals surface area contributed by atoms with Crippen molar-refractivity contribution in [2.45, 2.75) is 6.42 Å². The lowest BCUT2D eigenvalue weighted by molar-refractivity contribution is 0.318. The van der Waals surface area contributed by atoms with Gasteiger partial charge in [0.1, 0.15) is 5.75 Å². The molecule has 0 fully saturated rings. The van der Waals surface area contributed by atoms with Crippen molar-refractivity contribution >= 4 is 6.08 Å². The van der Waals surface area contributed by atoms with Crippen LogP contribution in [0.3, 0.4) is 0 Å². The Morgan fingerprint density at radius 1 is 1.13 bits per heavy atom. The number of ether oxygens (including phenoxy) is 3. The fourth-order valence-corrected chi connectivity index (χ4v) is 1.58. The fourth-order valence-electron chi connectivity index (χ4n) is 1.58. The van der Waals surface area contributed by atoms with Crippen LogP contribution in [-0.2, 0) is 0 Å². The molecular formula is C12H14O3. The molecule has 0 N–H and O–H groups in total. The molecule has 0 aliphatic carbocycles. The fraction of sp³-hybridized carbons (Fsp3) is 0.333. The minimum absolute atomic E-state index is 0.701. The second kappa shape index (κ2) is 4.26. The summed E-state index contributed by atoms with van der Waals surface area (Å²) in [5.41, 5.74) is 1.03. The van der Waals surface area contributed by atoms with Gasteiger partial charge in [0, 0.05) is 11.6 Å². The van der Waals surface area contributed by atoms with Gasteiger partial charge in [0.15, 0.2) is 11.5 Å². The van der Waals surface area contributed by atoms with Crippen molar-refractivity contribution in [1.82, 2.24) is 0 Å². The van der Waals surface area contributed by atoms with E-state index in [0.717, 1.165) is 23.5 Å². The second-order valence-corrected chi connectivity index (χ2v) is 3.28. The zero-order chi connectivity index (χ0) is 10.7. The summed E-state index contributed by atoms with van der Waals surface area (Å²) >= 11 is 0. The first-order chi connectivity index (χ1) is 7.35. The van der Waals surface area contributed by atoms with Gasteiger partial charge in [-0.15, -0.1) is 0 Å². The van der Waals surface area contributed by atoms with Crippen molar-refractivity contribution in [1.29, 1.82) is 0 Å². The number of hydrogen-bond donors (Lipinski definition) is 0. The maximum Gasteiger partial charge on any atom is 0.164 e. The molecule has 3 heteroatoms. The van der Waals surface area contributed by atoms with E-state index < -0.39 is 0 Å². The zero-order valence-electron chi connectivity index (χ0n) is 8.95. The predicted molar refractivity (Wildman–Crippen MR) is 58.7 cm³/mol. The molecule has 3 nitrogen and oxygen atoms in total. The van der Waals surface area contributed by atoms with Crippen molar-refractivity contribution in [2.24, 2.45) is 0 Å². The summed E-state index contributed by atoms with van der Waals surface area (Å²) in [7, 11) is 3.25. The summed E-state index contributed by atoms with van der Waals surface area (Å²) in [6.07, 6.45) is 5.07. The molecule has 0 atom stereocenters. The van der Waals surface area contributed by atoms with Gasteiger partial charge in [0.2, 0.25) is 0 Å². The van der Waals surface area contributed by atoms with E-state index in [1.54, 1.807) is 14.2 Å². The van der Waals surface area contributed by atoms with Crippen LogP contribution in [0, 0.1) is 0 Å². The summed E-state index contributed by atoms with van der Waals surface area (Å²) in [5.74, 6) is 2.28. The average molecular weight is 206 g/mol. The first kappa shape index (κ1) is 9.90. The highest BCUT2D eigenvalue weighted by atomic mass is 16.5. The maximum absolute atomic E-state index is 5.59. The molecule has 2 rings (SSSR count). The Morgan fingerprint density at radius 2 is 1.87 bits per heavy atom. The number of benzene rings is 1. The summed E-state index contributed by atoms with van der Waals surface area (Å²) in [6, 6.07) is 3.79. The minimum atomic E-state index is 0.701. The van der Waals surface area contributed by atoms with Gasteiger partial charge < -0.3 is 14.2 Å². The third-order valence-corrected chi connectivity index (χ3v) is 2.36. The number of rotatable bonds is 2. The van der Waals surface area contributed by atoms with E-state index in [0.29, 0.717) is 12.4 Å². The normalized spacial score (nSPS) is 13.7. The highest BCUT2D eigenvalue weighted by Crippen LogP contribution is 2.36. The average Bonchev–Trinajstić information content (AvgIpc) is 2.51. The van der Waals surface area contributed by atoms with Crippen LogP contribution >= 0.6 is 0 Å². The van der Waals surface area contributed by atoms with Gasteiger partial charge in [0.05, 0.1) is 20.8 Å². The van der Waals surface area contributed by atoms with E-state index in [2.05, 4.69) is 6.08 Å². The number of methoxy groups -OCH3 is 2. The van der Waals surface area contributed by atoms with Crippen molar-refractivity contribution in [2.75, 3.05) is 20.8 Å². The molecule has 1 heterocycles. The van der Waals surface area contributed by atoms with Gasteiger partial charge in [-0.3, -0.25) is 0 Å². The highest BCUT2D eigenvalue weighted by Gasteiger charge is 2.11. The third-order valence-electron chi connectivity index (χ3n) is 2.36. The molecule has 0 spiro atoms. The van der Waals surface area contributed by atoms with Crippen LogP contribution in [-0.4, -0.2) is 20.8 Å². The van der Waals surface area contributed by atoms with Crippen molar-refractivity contribution in [3.63, 3.8) is 0 Å². The quantitative estimate of drug-likeness (QED) is 0.744.